The number of ether oxygens (including phenoxy) is 1. The standard InChI is InChI=1S/C63H37N9O8S/c1-5-7-8-9-10-11-12-13-14-15-16-17-18-19-20-21-22-23-24-30-55(73)71(51-28-25-27-47(41-51)61(74)75)45(4)57-67-68-58-56(44(3)69-72(57)58)81-60-52(29-26-37-65-60)63(78)79-39-38-70(6-2)50-34-31-46(32-35-50)40-49(43-64)59-66-53-42-48(62(76)77)33-36-54(53)80-59/h25-29,31-37,40-42,45,69H,6,38-39H2,1-4H3,(H,74,75)(H,76,77). The molecule has 0 saturated heterocycles. The number of carbonyl (C=O) groups excluding carboxylic acids is 2. The van der Waals surface area contributed by atoms with Crippen LogP contribution in [0.25, 0.3) is 28.4 Å². The zero-order chi connectivity index (χ0) is 57.5. The maximum atomic E-state index is 13.9. The van der Waals surface area contributed by atoms with Crippen molar-refractivity contribution in [2.24, 2.45) is 0 Å². The van der Waals surface area contributed by atoms with Gasteiger partial charge in [-0.25, -0.2) is 28.9 Å². The van der Waals surface area contributed by atoms with Crippen LogP contribution in [0.4, 0.5) is 11.4 Å². The smallest absolute Gasteiger partial charge is 0.340 e. The van der Waals surface area contributed by atoms with Crippen molar-refractivity contribution in [3.8, 4) is 124 Å². The lowest BCUT2D eigenvalue weighted by molar-refractivity contribution is -0.113. The molecule has 4 aromatic heterocycles. The topological polar surface area (TPSA) is 233 Å². The van der Waals surface area contributed by atoms with E-state index < -0.39 is 29.9 Å². The number of fused-ring (bicyclic) bond motifs is 2. The van der Waals surface area contributed by atoms with E-state index >= 15 is 0 Å². The third-order valence-corrected chi connectivity index (χ3v) is 12.2. The lowest BCUT2D eigenvalue weighted by Gasteiger charge is -2.26. The fourth-order valence-corrected chi connectivity index (χ4v) is 8.24. The van der Waals surface area contributed by atoms with Crippen LogP contribution in [0.15, 0.2) is 99.4 Å². The van der Waals surface area contributed by atoms with Crippen molar-refractivity contribution in [2.75, 3.05) is 29.5 Å². The Morgan fingerprint density at radius 3 is 2.04 bits per heavy atom. The number of aryl methyl sites for hydroxylation is 1. The summed E-state index contributed by atoms with van der Waals surface area (Å²) in [6, 6.07) is 21.9. The SMILES string of the molecule is CC#CC#CC#CC#CC#CC#CC#CC#CC#CC#CC(=O)N(c1cccc(C(=O)O)c1)C(C)c1nnc2c(Sc3ncccc3C(=O)OCCN(CC)c3ccc(C=C(C#N)c4nc5cc(C(=O)O)ccc5o4)cc3)c(C)[nH]n12. The summed E-state index contributed by atoms with van der Waals surface area (Å²) in [6.45, 7) is 8.09. The maximum absolute atomic E-state index is 13.9. The summed E-state index contributed by atoms with van der Waals surface area (Å²) in [6.07, 6.45) is 3.17. The van der Waals surface area contributed by atoms with E-state index in [0.717, 1.165) is 17.4 Å². The second-order valence-electron chi connectivity index (χ2n) is 16.1. The Morgan fingerprint density at radius 1 is 0.790 bits per heavy atom. The molecule has 3 aromatic carbocycles. The van der Waals surface area contributed by atoms with E-state index in [1.54, 1.807) is 55.8 Å². The number of oxazole rings is 1. The van der Waals surface area contributed by atoms with Gasteiger partial charge in [0, 0.05) is 47.6 Å². The van der Waals surface area contributed by atoms with Crippen molar-refractivity contribution in [2.45, 2.75) is 43.7 Å². The number of aromatic carboxylic acids is 2. The summed E-state index contributed by atoms with van der Waals surface area (Å²) in [5, 5.41) is 41.5. The third-order valence-electron chi connectivity index (χ3n) is 10.9. The number of aromatic amines is 1. The molecule has 17 nitrogen and oxygen atoms in total. The van der Waals surface area contributed by atoms with Crippen molar-refractivity contribution in [3.05, 3.63) is 125 Å². The highest BCUT2D eigenvalue weighted by Crippen LogP contribution is 2.36. The molecule has 0 spiro atoms. The molecule has 0 aliphatic heterocycles. The first kappa shape index (κ1) is 56.5. The normalized spacial score (nSPS) is 9.99. The average molecular weight is 1080 g/mol. The number of amides is 1. The number of carboxylic acid groups (broad SMARTS) is 2. The highest BCUT2D eigenvalue weighted by molar-refractivity contribution is 7.99. The van der Waals surface area contributed by atoms with Crippen molar-refractivity contribution in [3.63, 3.8) is 0 Å². The lowest BCUT2D eigenvalue weighted by Crippen LogP contribution is -2.34. The highest BCUT2D eigenvalue weighted by Gasteiger charge is 2.29. The molecule has 0 aliphatic carbocycles. The number of carbonyl (C=O) groups is 4. The van der Waals surface area contributed by atoms with Crippen LogP contribution in [0, 0.1) is 137 Å². The van der Waals surface area contributed by atoms with Crippen LogP contribution in [-0.4, -0.2) is 83.5 Å². The molecule has 18 heteroatoms. The molecular weight excluding hydrogens is 1040 g/mol. The number of esters is 1. The fourth-order valence-electron chi connectivity index (χ4n) is 7.25. The highest BCUT2D eigenvalue weighted by atomic mass is 32.2. The molecule has 388 valence electrons. The summed E-state index contributed by atoms with van der Waals surface area (Å²) < 4.78 is 13.1. The quantitative estimate of drug-likeness (QED) is 0.0518. The van der Waals surface area contributed by atoms with Gasteiger partial charge in [0.05, 0.1) is 34.2 Å². The summed E-state index contributed by atoms with van der Waals surface area (Å²) in [5.41, 5.74) is 3.74. The van der Waals surface area contributed by atoms with Gasteiger partial charge in [0.1, 0.15) is 28.8 Å². The van der Waals surface area contributed by atoms with Crippen LogP contribution in [0.3, 0.4) is 0 Å². The molecule has 1 atom stereocenters. The number of anilines is 2. The van der Waals surface area contributed by atoms with E-state index in [9.17, 15) is 34.7 Å². The van der Waals surface area contributed by atoms with Gasteiger partial charge in [0.25, 0.3) is 0 Å². The van der Waals surface area contributed by atoms with Gasteiger partial charge in [0.15, 0.2) is 17.1 Å². The Labute approximate surface area is 469 Å². The Morgan fingerprint density at radius 2 is 1.42 bits per heavy atom. The first-order valence-electron chi connectivity index (χ1n) is 23.8. The molecule has 1 amide bonds. The van der Waals surface area contributed by atoms with Crippen molar-refractivity contribution >= 4 is 75.3 Å². The number of carboxylic acids is 2. The lowest BCUT2D eigenvalue weighted by atomic mass is 10.1. The second kappa shape index (κ2) is 28.1. The summed E-state index contributed by atoms with van der Waals surface area (Å²) in [4.78, 5) is 63.7. The predicted octanol–water partition coefficient (Wildman–Crippen LogP) is 7.35. The first-order valence-corrected chi connectivity index (χ1v) is 24.7. The van der Waals surface area contributed by atoms with E-state index in [1.807, 2.05) is 36.1 Å². The van der Waals surface area contributed by atoms with Crippen molar-refractivity contribution in [1.29, 1.82) is 5.26 Å². The van der Waals surface area contributed by atoms with Crippen molar-refractivity contribution < 1.29 is 38.5 Å². The van der Waals surface area contributed by atoms with Gasteiger partial charge in [-0.3, -0.25) is 14.8 Å². The number of allylic oxidation sites excluding steroid dienone is 1. The Hall–Kier alpha value is -12.2. The Bertz CT molecular complexity index is 4440. The zero-order valence-electron chi connectivity index (χ0n) is 43.2. The minimum atomic E-state index is -1.20. The van der Waals surface area contributed by atoms with Crippen LogP contribution in [0.5, 0.6) is 0 Å². The molecule has 3 N–H and O–H groups in total. The molecular formula is C63H37N9O8S. The minimum Gasteiger partial charge on any atom is -0.478 e. The molecule has 4 heterocycles. The molecule has 7 aromatic rings. The number of nitriles is 1. The minimum absolute atomic E-state index is 0.0354. The van der Waals surface area contributed by atoms with E-state index in [1.165, 1.54) is 41.3 Å². The summed E-state index contributed by atoms with van der Waals surface area (Å²) in [5.74, 6) is 47.0. The molecule has 0 bridgehead atoms. The molecule has 1 unspecified atom stereocenters. The largest absolute Gasteiger partial charge is 0.478 e. The number of likely N-dealkylation sites (N-methyl/N-ethyl adjacent to an activating group) is 1. The number of pyridine rings is 1. The van der Waals surface area contributed by atoms with Gasteiger partial charge in [-0.2, -0.15) is 5.26 Å². The van der Waals surface area contributed by atoms with E-state index in [-0.39, 0.29) is 46.3 Å². The van der Waals surface area contributed by atoms with Gasteiger partial charge in [0.2, 0.25) is 5.89 Å². The molecule has 7 rings (SSSR count). The fraction of sp³-hybridized carbons (Fsp3) is 0.127. The first-order chi connectivity index (χ1) is 39.4. The molecule has 0 fully saturated rings. The van der Waals surface area contributed by atoms with Gasteiger partial charge in [-0.15, -0.1) is 10.2 Å². The monoisotopic (exact) mass is 1080 g/mol. The average Bonchev–Trinajstić information content (AvgIpc) is 4.21. The number of H-pyrrole nitrogens is 1. The molecule has 0 saturated carbocycles. The van der Waals surface area contributed by atoms with Crippen LogP contribution < -0.4 is 9.80 Å². The van der Waals surface area contributed by atoms with Gasteiger partial charge < -0.3 is 24.3 Å². The molecule has 0 aliphatic rings. The van der Waals surface area contributed by atoms with E-state index in [2.05, 4.69) is 150 Å². The van der Waals surface area contributed by atoms with Gasteiger partial charge in [-0.1, -0.05) is 35.9 Å². The number of hydrogen-bond acceptors (Lipinski definition) is 13. The van der Waals surface area contributed by atoms with Crippen molar-refractivity contribution in [1.82, 2.24) is 29.8 Å². The predicted molar refractivity (Wildman–Crippen MR) is 302 cm³/mol. The van der Waals surface area contributed by atoms with Gasteiger partial charge >= 0.3 is 23.8 Å². The van der Waals surface area contributed by atoms with Gasteiger partial charge in [-0.05, 0) is 195 Å². The van der Waals surface area contributed by atoms with Crippen LogP contribution >= 0.6 is 11.8 Å². The summed E-state index contributed by atoms with van der Waals surface area (Å²) in [7, 11) is 0. The van der Waals surface area contributed by atoms with Crippen LogP contribution in [-0.2, 0) is 9.53 Å². The number of aromatic nitrogens is 6. The van der Waals surface area contributed by atoms with Crippen LogP contribution in [0.1, 0.15) is 80.9 Å². The number of benzene rings is 3. The Kier molecular flexibility index (Phi) is 19.6. The second-order valence-corrected chi connectivity index (χ2v) is 17.1. The molecule has 0 radical (unpaired) electrons. The number of nitrogens with one attached hydrogen (secondary N) is 1. The number of rotatable bonds is 15. The number of hydrogen-bond donors (Lipinski definition) is 3. The van der Waals surface area contributed by atoms with E-state index in [4.69, 9.17) is 9.15 Å². The van der Waals surface area contributed by atoms with E-state index in [0.29, 0.717) is 51.0 Å². The third kappa shape index (κ3) is 15.0. The summed E-state index contributed by atoms with van der Waals surface area (Å²) >= 11 is 1.16. The number of nitrogens with zero attached hydrogens (tertiary/aromatic N) is 8. The zero-order valence-corrected chi connectivity index (χ0v) is 44.0. The Balaban J connectivity index is 1.01. The maximum Gasteiger partial charge on any atom is 0.340 e. The molecule has 81 heavy (non-hydrogen) atoms. The van der Waals surface area contributed by atoms with Crippen LogP contribution in [0.2, 0.25) is 0 Å².